The van der Waals surface area contributed by atoms with E-state index in [1.807, 2.05) is 6.07 Å². The first-order valence-corrected chi connectivity index (χ1v) is 12.5. The van der Waals surface area contributed by atoms with Crippen LogP contribution in [-0.4, -0.2) is 64.3 Å². The molecule has 0 bridgehead atoms. The number of hydrogen-bond acceptors (Lipinski definition) is 7. The van der Waals surface area contributed by atoms with Gasteiger partial charge in [-0.15, -0.1) is 0 Å². The second kappa shape index (κ2) is 9.89. The van der Waals surface area contributed by atoms with E-state index in [1.165, 1.54) is 24.4 Å². The molecule has 5 rings (SSSR count). The molecule has 2 unspecified atom stereocenters. The normalized spacial score (nSPS) is 20.2. The number of pyridine rings is 1. The summed E-state index contributed by atoms with van der Waals surface area (Å²) in [5, 5.41) is 9.52. The van der Waals surface area contributed by atoms with Crippen LogP contribution in [0.3, 0.4) is 0 Å². The van der Waals surface area contributed by atoms with Gasteiger partial charge < -0.3 is 19.8 Å². The van der Waals surface area contributed by atoms with Crippen molar-refractivity contribution in [2.75, 3.05) is 40.9 Å². The van der Waals surface area contributed by atoms with Crippen LogP contribution in [0.15, 0.2) is 42.6 Å². The number of piperazine rings is 1. The average Bonchev–Trinajstić information content (AvgIpc) is 3.30. The standard InChI is InChI=1S/C26H28ClFN6O2/c1-16-4-3-9-34(16)26-30-22(18-5-7-20(28)8-6-18)13-23(31-26)33-11-10-32(15-17(33)2)24-21(27)12-19(14-29-24)25(35)36/h5-8,12-14,16-17H,3-4,9-11,15H2,1-2H3,(H,35,36). The minimum atomic E-state index is -1.06. The number of carboxylic acid groups (broad SMARTS) is 1. The first-order chi connectivity index (χ1) is 17.3. The third kappa shape index (κ3) is 4.80. The zero-order chi connectivity index (χ0) is 25.4. The number of benzene rings is 1. The highest BCUT2D eigenvalue weighted by Crippen LogP contribution is 2.32. The molecule has 0 saturated carbocycles. The number of rotatable bonds is 5. The molecule has 1 aromatic carbocycles. The second-order valence-electron chi connectivity index (χ2n) is 9.43. The Morgan fingerprint density at radius 1 is 1.06 bits per heavy atom. The predicted octanol–water partition coefficient (Wildman–Crippen LogP) is 4.73. The van der Waals surface area contributed by atoms with E-state index in [2.05, 4.69) is 33.5 Å². The molecular formula is C26H28ClFN6O2. The van der Waals surface area contributed by atoms with Gasteiger partial charge in [0.15, 0.2) is 0 Å². The number of halogens is 2. The smallest absolute Gasteiger partial charge is 0.337 e. The number of aromatic nitrogens is 3. The zero-order valence-corrected chi connectivity index (χ0v) is 21.0. The van der Waals surface area contributed by atoms with Gasteiger partial charge in [0, 0.05) is 56.1 Å². The number of carboxylic acids is 1. The average molecular weight is 511 g/mol. The monoisotopic (exact) mass is 510 g/mol. The lowest BCUT2D eigenvalue weighted by molar-refractivity contribution is 0.0696. The molecule has 3 aromatic rings. The van der Waals surface area contributed by atoms with Crippen molar-refractivity contribution in [3.05, 3.63) is 59.0 Å². The maximum Gasteiger partial charge on any atom is 0.337 e. The molecule has 0 amide bonds. The molecule has 2 saturated heterocycles. The van der Waals surface area contributed by atoms with Gasteiger partial charge in [-0.25, -0.2) is 19.2 Å². The summed E-state index contributed by atoms with van der Waals surface area (Å²) in [6, 6.07) is 10.2. The third-order valence-electron chi connectivity index (χ3n) is 6.94. The Morgan fingerprint density at radius 3 is 2.47 bits per heavy atom. The van der Waals surface area contributed by atoms with Crippen LogP contribution in [0.25, 0.3) is 11.3 Å². The van der Waals surface area contributed by atoms with Gasteiger partial charge in [0.05, 0.1) is 16.3 Å². The summed E-state index contributed by atoms with van der Waals surface area (Å²) in [6.07, 6.45) is 3.54. The molecule has 36 heavy (non-hydrogen) atoms. The largest absolute Gasteiger partial charge is 0.478 e. The second-order valence-corrected chi connectivity index (χ2v) is 9.83. The fourth-order valence-electron chi connectivity index (χ4n) is 4.97. The van der Waals surface area contributed by atoms with Gasteiger partial charge in [-0.3, -0.25) is 0 Å². The predicted molar refractivity (Wildman–Crippen MR) is 139 cm³/mol. The molecule has 4 heterocycles. The highest BCUT2D eigenvalue weighted by Gasteiger charge is 2.29. The Labute approximate surface area is 214 Å². The van der Waals surface area contributed by atoms with Crippen molar-refractivity contribution in [1.29, 1.82) is 0 Å². The number of aromatic carboxylic acids is 1. The molecule has 0 spiro atoms. The van der Waals surface area contributed by atoms with Gasteiger partial charge >= 0.3 is 5.97 Å². The van der Waals surface area contributed by atoms with E-state index in [1.54, 1.807) is 12.1 Å². The molecule has 2 fully saturated rings. The number of anilines is 3. The van der Waals surface area contributed by atoms with Crippen molar-refractivity contribution in [3.63, 3.8) is 0 Å². The molecular weight excluding hydrogens is 483 g/mol. The van der Waals surface area contributed by atoms with Crippen molar-refractivity contribution in [3.8, 4) is 11.3 Å². The van der Waals surface area contributed by atoms with Gasteiger partial charge in [-0.1, -0.05) is 11.6 Å². The van der Waals surface area contributed by atoms with E-state index in [9.17, 15) is 14.3 Å². The maximum absolute atomic E-state index is 13.6. The van der Waals surface area contributed by atoms with Crippen LogP contribution < -0.4 is 14.7 Å². The van der Waals surface area contributed by atoms with Crippen LogP contribution in [0.5, 0.6) is 0 Å². The molecule has 0 aliphatic carbocycles. The lowest BCUT2D eigenvalue weighted by Crippen LogP contribution is -2.52. The third-order valence-corrected chi connectivity index (χ3v) is 7.22. The van der Waals surface area contributed by atoms with E-state index in [0.717, 1.165) is 36.5 Å². The SMILES string of the molecule is CC1CN(c2ncc(C(=O)O)cc2Cl)CCN1c1cc(-c2ccc(F)cc2)nc(N2CCCC2C)n1. The van der Waals surface area contributed by atoms with Crippen molar-refractivity contribution >= 4 is 35.2 Å². The van der Waals surface area contributed by atoms with Crippen LogP contribution in [0.2, 0.25) is 5.02 Å². The Morgan fingerprint density at radius 2 is 1.83 bits per heavy atom. The fourth-order valence-corrected chi connectivity index (χ4v) is 5.25. The zero-order valence-electron chi connectivity index (χ0n) is 20.2. The van der Waals surface area contributed by atoms with E-state index >= 15 is 0 Å². The summed E-state index contributed by atoms with van der Waals surface area (Å²) in [7, 11) is 0. The molecule has 188 valence electrons. The van der Waals surface area contributed by atoms with Crippen LogP contribution in [-0.2, 0) is 0 Å². The first-order valence-electron chi connectivity index (χ1n) is 12.1. The topological polar surface area (TPSA) is 85.7 Å². The summed E-state index contributed by atoms with van der Waals surface area (Å²) in [5.41, 5.74) is 1.67. The van der Waals surface area contributed by atoms with Gasteiger partial charge in [0.1, 0.15) is 17.5 Å². The molecule has 2 aliphatic heterocycles. The van der Waals surface area contributed by atoms with Crippen molar-refractivity contribution in [2.45, 2.75) is 38.8 Å². The highest BCUT2D eigenvalue weighted by atomic mass is 35.5. The summed E-state index contributed by atoms with van der Waals surface area (Å²) < 4.78 is 13.6. The Hall–Kier alpha value is -3.46. The van der Waals surface area contributed by atoms with Crippen LogP contribution in [0.1, 0.15) is 37.0 Å². The lowest BCUT2D eigenvalue weighted by Gasteiger charge is -2.41. The molecule has 1 N–H and O–H groups in total. The summed E-state index contributed by atoms with van der Waals surface area (Å²) in [5.74, 6) is 0.758. The summed E-state index contributed by atoms with van der Waals surface area (Å²) in [6.45, 7) is 7.18. The van der Waals surface area contributed by atoms with Gasteiger partial charge in [-0.2, -0.15) is 4.98 Å². The molecule has 10 heteroatoms. The van der Waals surface area contributed by atoms with Crippen LogP contribution in [0.4, 0.5) is 22.0 Å². The number of nitrogens with zero attached hydrogens (tertiary/aromatic N) is 6. The molecule has 8 nitrogen and oxygen atoms in total. The van der Waals surface area contributed by atoms with Crippen LogP contribution >= 0.6 is 11.6 Å². The van der Waals surface area contributed by atoms with Gasteiger partial charge in [0.25, 0.3) is 0 Å². The fraction of sp³-hybridized carbons (Fsp3) is 0.385. The molecule has 2 atom stereocenters. The minimum Gasteiger partial charge on any atom is -0.478 e. The Balaban J connectivity index is 1.44. The minimum absolute atomic E-state index is 0.0633. The van der Waals surface area contributed by atoms with Crippen molar-refractivity contribution in [1.82, 2.24) is 15.0 Å². The highest BCUT2D eigenvalue weighted by molar-refractivity contribution is 6.33. The number of hydrogen-bond donors (Lipinski definition) is 1. The lowest BCUT2D eigenvalue weighted by atomic mass is 10.1. The molecule has 2 aromatic heterocycles. The number of carbonyl (C=O) groups is 1. The first kappa shape index (κ1) is 24.2. The van der Waals surface area contributed by atoms with E-state index in [0.29, 0.717) is 42.5 Å². The van der Waals surface area contributed by atoms with Crippen molar-refractivity contribution < 1.29 is 14.3 Å². The summed E-state index contributed by atoms with van der Waals surface area (Å²) >= 11 is 6.38. The van der Waals surface area contributed by atoms with E-state index in [-0.39, 0.29) is 17.4 Å². The molecule has 2 aliphatic rings. The van der Waals surface area contributed by atoms with Gasteiger partial charge in [0.2, 0.25) is 5.95 Å². The van der Waals surface area contributed by atoms with E-state index < -0.39 is 5.97 Å². The van der Waals surface area contributed by atoms with Crippen molar-refractivity contribution in [2.24, 2.45) is 0 Å². The van der Waals surface area contributed by atoms with Gasteiger partial charge in [-0.05, 0) is 57.0 Å². The van der Waals surface area contributed by atoms with Crippen LogP contribution in [0, 0.1) is 5.82 Å². The molecule has 0 radical (unpaired) electrons. The Kier molecular flexibility index (Phi) is 6.66. The summed E-state index contributed by atoms with van der Waals surface area (Å²) in [4.78, 5) is 31.9. The Bertz CT molecular complexity index is 1270. The quantitative estimate of drug-likeness (QED) is 0.527. The van der Waals surface area contributed by atoms with E-state index in [4.69, 9.17) is 21.6 Å². The maximum atomic E-state index is 13.6.